The molecule has 1 aliphatic rings. The van der Waals surface area contributed by atoms with Crippen molar-refractivity contribution < 1.29 is 28.6 Å². The van der Waals surface area contributed by atoms with Crippen LogP contribution in [0.5, 0.6) is 0 Å². The second kappa shape index (κ2) is 17.8. The molecule has 2 aromatic carbocycles. The van der Waals surface area contributed by atoms with Crippen LogP contribution in [0, 0.1) is 0 Å². The van der Waals surface area contributed by atoms with Gasteiger partial charge in [-0.2, -0.15) is 0 Å². The molecule has 0 radical (unpaired) electrons. The van der Waals surface area contributed by atoms with Crippen molar-refractivity contribution in [1.82, 2.24) is 0 Å². The molecule has 208 valence electrons. The SMILES string of the molecule is O=C(CCCC1=CCCC=C1)OCC(COC(=O)CCCc1ccccc1)OC(=O)CCCc1ccccc1. The van der Waals surface area contributed by atoms with Gasteiger partial charge in [0.05, 0.1) is 0 Å². The van der Waals surface area contributed by atoms with E-state index >= 15 is 0 Å². The summed E-state index contributed by atoms with van der Waals surface area (Å²) in [6.07, 6.45) is 12.9. The summed E-state index contributed by atoms with van der Waals surface area (Å²) in [6.45, 7) is -0.275. The second-order valence-corrected chi connectivity index (χ2v) is 9.77. The van der Waals surface area contributed by atoms with Crippen LogP contribution in [0.4, 0.5) is 0 Å². The first-order chi connectivity index (χ1) is 19.1. The Kier molecular flexibility index (Phi) is 13.6. The van der Waals surface area contributed by atoms with Gasteiger partial charge in [-0.15, -0.1) is 0 Å². The molecular formula is C33H40O6. The summed E-state index contributed by atoms with van der Waals surface area (Å²) in [7, 11) is 0. The molecule has 0 amide bonds. The Balaban J connectivity index is 1.40. The van der Waals surface area contributed by atoms with Gasteiger partial charge in [0.15, 0.2) is 6.10 Å². The Morgan fingerprint density at radius 2 is 1.15 bits per heavy atom. The van der Waals surface area contributed by atoms with Gasteiger partial charge in [0.2, 0.25) is 0 Å². The molecule has 0 saturated heterocycles. The maximum atomic E-state index is 12.5. The van der Waals surface area contributed by atoms with Crippen molar-refractivity contribution in [3.63, 3.8) is 0 Å². The van der Waals surface area contributed by atoms with Crippen molar-refractivity contribution >= 4 is 17.9 Å². The van der Waals surface area contributed by atoms with Crippen molar-refractivity contribution in [3.05, 3.63) is 95.6 Å². The Labute approximate surface area is 232 Å². The van der Waals surface area contributed by atoms with Gasteiger partial charge in [-0.1, -0.05) is 84.5 Å². The normalized spacial score (nSPS) is 13.3. The highest BCUT2D eigenvalue weighted by molar-refractivity contribution is 5.71. The number of aryl methyl sites for hydroxylation is 2. The molecule has 0 aliphatic heterocycles. The standard InChI is InChI=1S/C33H40O6/c34-31(22-10-19-27-13-4-1-5-14-27)37-25-30(39-33(36)24-12-21-29-17-8-3-9-18-29)26-38-32(35)23-11-20-28-15-6-2-7-16-28/h1,3-6,8-9,13-18,30H,2,7,10-12,19-26H2. The van der Waals surface area contributed by atoms with Crippen molar-refractivity contribution in [2.75, 3.05) is 13.2 Å². The summed E-state index contributed by atoms with van der Waals surface area (Å²) in [4.78, 5) is 37.1. The van der Waals surface area contributed by atoms with Gasteiger partial charge < -0.3 is 14.2 Å². The quantitative estimate of drug-likeness (QED) is 0.171. The average molecular weight is 533 g/mol. The van der Waals surface area contributed by atoms with E-state index in [1.807, 2.05) is 60.7 Å². The van der Waals surface area contributed by atoms with Gasteiger partial charge in [0.1, 0.15) is 13.2 Å². The molecule has 3 rings (SSSR count). The predicted molar refractivity (Wildman–Crippen MR) is 151 cm³/mol. The van der Waals surface area contributed by atoms with E-state index in [4.69, 9.17) is 14.2 Å². The Hall–Kier alpha value is -3.67. The van der Waals surface area contributed by atoms with E-state index in [1.165, 1.54) is 5.57 Å². The molecule has 1 unspecified atom stereocenters. The average Bonchev–Trinajstić information content (AvgIpc) is 2.96. The first-order valence-corrected chi connectivity index (χ1v) is 14.0. The molecule has 6 nitrogen and oxygen atoms in total. The second-order valence-electron chi connectivity index (χ2n) is 9.77. The fourth-order valence-electron chi connectivity index (χ4n) is 4.33. The molecular weight excluding hydrogens is 492 g/mol. The van der Waals surface area contributed by atoms with Gasteiger partial charge >= 0.3 is 17.9 Å². The lowest BCUT2D eigenvalue weighted by atomic mass is 10.0. The van der Waals surface area contributed by atoms with E-state index in [0.717, 1.165) is 43.2 Å². The zero-order valence-electron chi connectivity index (χ0n) is 22.7. The highest BCUT2D eigenvalue weighted by Gasteiger charge is 2.19. The van der Waals surface area contributed by atoms with Crippen LogP contribution in [0.2, 0.25) is 0 Å². The first kappa shape index (κ1) is 29.9. The molecule has 0 N–H and O–H groups in total. The smallest absolute Gasteiger partial charge is 0.306 e. The summed E-state index contributed by atoms with van der Waals surface area (Å²) in [5.74, 6) is -1.12. The fourth-order valence-corrected chi connectivity index (χ4v) is 4.33. The molecule has 0 heterocycles. The molecule has 0 bridgehead atoms. The maximum absolute atomic E-state index is 12.5. The summed E-state index contributed by atoms with van der Waals surface area (Å²) < 4.78 is 16.3. The molecule has 1 atom stereocenters. The molecule has 0 aromatic heterocycles. The van der Waals surface area contributed by atoms with Gasteiger partial charge in [0, 0.05) is 19.3 Å². The Morgan fingerprint density at radius 3 is 1.67 bits per heavy atom. The number of esters is 3. The topological polar surface area (TPSA) is 78.9 Å². The summed E-state index contributed by atoms with van der Waals surface area (Å²) in [6, 6.07) is 19.9. The lowest BCUT2D eigenvalue weighted by molar-refractivity contribution is -0.167. The summed E-state index contributed by atoms with van der Waals surface area (Å²) in [5.41, 5.74) is 3.56. The van der Waals surface area contributed by atoms with E-state index < -0.39 is 12.1 Å². The first-order valence-electron chi connectivity index (χ1n) is 14.0. The van der Waals surface area contributed by atoms with Crippen molar-refractivity contribution in [3.8, 4) is 0 Å². The number of ether oxygens (including phenoxy) is 3. The lowest BCUT2D eigenvalue weighted by Crippen LogP contribution is -2.31. The number of benzene rings is 2. The number of rotatable bonds is 17. The number of carbonyl (C=O) groups is 3. The number of hydrogen-bond acceptors (Lipinski definition) is 6. The predicted octanol–water partition coefficient (Wildman–Crippen LogP) is 6.48. The summed E-state index contributed by atoms with van der Waals surface area (Å²) >= 11 is 0. The lowest BCUT2D eigenvalue weighted by Gasteiger charge is -2.18. The molecule has 2 aromatic rings. The largest absolute Gasteiger partial charge is 0.462 e. The van der Waals surface area contributed by atoms with Crippen LogP contribution in [-0.4, -0.2) is 37.2 Å². The highest BCUT2D eigenvalue weighted by Crippen LogP contribution is 2.16. The molecule has 6 heteroatoms. The Bertz CT molecular complexity index is 1070. The van der Waals surface area contributed by atoms with E-state index in [1.54, 1.807) is 0 Å². The summed E-state index contributed by atoms with van der Waals surface area (Å²) in [5, 5.41) is 0. The zero-order valence-corrected chi connectivity index (χ0v) is 22.7. The third-order valence-electron chi connectivity index (χ3n) is 6.46. The minimum atomic E-state index is -0.833. The van der Waals surface area contributed by atoms with Gasteiger partial charge in [-0.05, 0) is 62.5 Å². The van der Waals surface area contributed by atoms with Gasteiger partial charge in [-0.25, -0.2) is 0 Å². The van der Waals surface area contributed by atoms with E-state index in [0.29, 0.717) is 19.3 Å². The van der Waals surface area contributed by atoms with Crippen LogP contribution in [0.15, 0.2) is 84.5 Å². The Morgan fingerprint density at radius 1 is 0.641 bits per heavy atom. The zero-order chi connectivity index (χ0) is 27.5. The maximum Gasteiger partial charge on any atom is 0.306 e. The third kappa shape index (κ3) is 13.1. The number of hydrogen-bond donors (Lipinski definition) is 0. The fraction of sp³-hybridized carbons (Fsp3) is 0.424. The molecule has 1 aliphatic carbocycles. The molecule has 39 heavy (non-hydrogen) atoms. The van der Waals surface area contributed by atoms with Crippen LogP contribution in [0.3, 0.4) is 0 Å². The van der Waals surface area contributed by atoms with Gasteiger partial charge in [0.25, 0.3) is 0 Å². The van der Waals surface area contributed by atoms with Gasteiger partial charge in [-0.3, -0.25) is 14.4 Å². The monoisotopic (exact) mass is 532 g/mol. The molecule has 0 spiro atoms. The minimum Gasteiger partial charge on any atom is -0.462 e. The highest BCUT2D eigenvalue weighted by atomic mass is 16.6. The van der Waals surface area contributed by atoms with Crippen molar-refractivity contribution in [2.45, 2.75) is 76.7 Å². The molecule has 0 saturated carbocycles. The van der Waals surface area contributed by atoms with Crippen LogP contribution in [-0.2, 0) is 41.4 Å². The van der Waals surface area contributed by atoms with Crippen LogP contribution >= 0.6 is 0 Å². The van der Waals surface area contributed by atoms with E-state index in [-0.39, 0.29) is 44.4 Å². The number of carbonyl (C=O) groups excluding carboxylic acids is 3. The van der Waals surface area contributed by atoms with E-state index in [2.05, 4.69) is 18.2 Å². The van der Waals surface area contributed by atoms with Crippen LogP contribution < -0.4 is 0 Å². The van der Waals surface area contributed by atoms with Crippen molar-refractivity contribution in [2.24, 2.45) is 0 Å². The number of allylic oxidation sites excluding steroid dienone is 4. The third-order valence-corrected chi connectivity index (χ3v) is 6.46. The molecule has 0 fully saturated rings. The minimum absolute atomic E-state index is 0.136. The van der Waals surface area contributed by atoms with Crippen LogP contribution in [0.25, 0.3) is 0 Å². The van der Waals surface area contributed by atoms with E-state index in [9.17, 15) is 14.4 Å². The van der Waals surface area contributed by atoms with Crippen molar-refractivity contribution in [1.29, 1.82) is 0 Å². The van der Waals surface area contributed by atoms with Crippen LogP contribution in [0.1, 0.15) is 68.9 Å².